The molecule has 0 aliphatic carbocycles. The molecular weight excluding hydrogens is 382 g/mol. The van der Waals surface area contributed by atoms with Crippen LogP contribution in [0.2, 0.25) is 5.02 Å². The number of aromatic nitrogens is 1. The number of esters is 1. The number of methoxy groups -OCH3 is 1. The Labute approximate surface area is 167 Å². The van der Waals surface area contributed by atoms with Crippen molar-refractivity contribution in [3.8, 4) is 17.0 Å². The number of benzene rings is 2. The maximum atomic E-state index is 12.8. The first kappa shape index (κ1) is 19.6. The largest absolute Gasteiger partial charge is 0.496 e. The number of rotatable bonds is 6. The molecule has 28 heavy (non-hydrogen) atoms. The number of ketones is 1. The van der Waals surface area contributed by atoms with Crippen LogP contribution >= 0.6 is 11.6 Å². The first-order valence-corrected chi connectivity index (χ1v) is 8.86. The molecule has 0 N–H and O–H groups in total. The molecule has 0 aliphatic rings. The zero-order chi connectivity index (χ0) is 20.3. The molecule has 0 unspecified atom stereocenters. The molecule has 144 valence electrons. The molecule has 0 radical (unpaired) electrons. The van der Waals surface area contributed by atoms with Crippen LogP contribution in [0, 0.1) is 6.92 Å². The van der Waals surface area contributed by atoms with Gasteiger partial charge in [-0.05, 0) is 38.1 Å². The highest BCUT2D eigenvalue weighted by Crippen LogP contribution is 2.32. The van der Waals surface area contributed by atoms with Crippen molar-refractivity contribution < 1.29 is 23.6 Å². The van der Waals surface area contributed by atoms with Crippen molar-refractivity contribution in [2.45, 2.75) is 20.5 Å². The van der Waals surface area contributed by atoms with Crippen LogP contribution in [0.1, 0.15) is 39.0 Å². The SMILES string of the molecule is COc1ccc(C(C)=O)cc1COC(=O)c1c(-c2ccccc2Cl)noc1C. The van der Waals surface area contributed by atoms with Gasteiger partial charge in [-0.15, -0.1) is 0 Å². The Kier molecular flexibility index (Phi) is 5.80. The van der Waals surface area contributed by atoms with Gasteiger partial charge in [0.1, 0.15) is 29.4 Å². The van der Waals surface area contributed by atoms with E-state index in [2.05, 4.69) is 5.16 Å². The number of carbonyl (C=O) groups excluding carboxylic acids is 2. The Bertz CT molecular complexity index is 1040. The molecule has 0 aliphatic heterocycles. The molecule has 1 heterocycles. The smallest absolute Gasteiger partial charge is 0.344 e. The minimum absolute atomic E-state index is 0.0737. The zero-order valence-electron chi connectivity index (χ0n) is 15.6. The van der Waals surface area contributed by atoms with Gasteiger partial charge >= 0.3 is 5.97 Å². The lowest BCUT2D eigenvalue weighted by Crippen LogP contribution is -2.08. The van der Waals surface area contributed by atoms with Crippen LogP contribution in [0.3, 0.4) is 0 Å². The number of carbonyl (C=O) groups is 2. The molecule has 2 aromatic carbocycles. The van der Waals surface area contributed by atoms with Crippen LogP contribution in [-0.2, 0) is 11.3 Å². The van der Waals surface area contributed by atoms with Gasteiger partial charge in [0, 0.05) is 16.7 Å². The monoisotopic (exact) mass is 399 g/mol. The number of aryl methyl sites for hydroxylation is 1. The van der Waals surface area contributed by atoms with Gasteiger partial charge < -0.3 is 14.0 Å². The average Bonchev–Trinajstić information content (AvgIpc) is 3.07. The Morgan fingerprint density at radius 1 is 1.18 bits per heavy atom. The fourth-order valence-corrected chi connectivity index (χ4v) is 3.00. The Hall–Kier alpha value is -3.12. The van der Waals surface area contributed by atoms with Crippen molar-refractivity contribution in [3.05, 3.63) is 69.9 Å². The van der Waals surface area contributed by atoms with Gasteiger partial charge in [0.15, 0.2) is 5.78 Å². The molecule has 3 aromatic rings. The Balaban J connectivity index is 1.88. The van der Waals surface area contributed by atoms with Crippen LogP contribution in [0.25, 0.3) is 11.3 Å². The van der Waals surface area contributed by atoms with Gasteiger partial charge in [-0.2, -0.15) is 0 Å². The summed E-state index contributed by atoms with van der Waals surface area (Å²) in [5.74, 6) is 0.144. The molecule has 0 bridgehead atoms. The summed E-state index contributed by atoms with van der Waals surface area (Å²) < 4.78 is 15.9. The van der Waals surface area contributed by atoms with E-state index in [0.717, 1.165) is 0 Å². The van der Waals surface area contributed by atoms with Gasteiger partial charge in [0.2, 0.25) is 0 Å². The lowest BCUT2D eigenvalue weighted by molar-refractivity contribution is 0.0469. The second-order valence-electron chi connectivity index (χ2n) is 6.10. The van der Waals surface area contributed by atoms with Crippen LogP contribution in [0.5, 0.6) is 5.75 Å². The predicted octanol–water partition coefficient (Wildman–Crippen LogP) is 4.87. The highest BCUT2D eigenvalue weighted by Gasteiger charge is 2.24. The first-order chi connectivity index (χ1) is 13.4. The third kappa shape index (κ3) is 3.92. The quantitative estimate of drug-likeness (QED) is 0.434. The Morgan fingerprint density at radius 3 is 2.61 bits per heavy atom. The molecule has 3 rings (SSSR count). The zero-order valence-corrected chi connectivity index (χ0v) is 16.4. The maximum Gasteiger partial charge on any atom is 0.344 e. The third-order valence-electron chi connectivity index (χ3n) is 4.24. The maximum absolute atomic E-state index is 12.8. The summed E-state index contributed by atoms with van der Waals surface area (Å²) in [6.07, 6.45) is 0. The van der Waals surface area contributed by atoms with Gasteiger partial charge in [0.25, 0.3) is 0 Å². The molecular formula is C21H18ClNO5. The summed E-state index contributed by atoms with van der Waals surface area (Å²) >= 11 is 6.22. The summed E-state index contributed by atoms with van der Waals surface area (Å²) in [6.45, 7) is 3.02. The molecule has 6 nitrogen and oxygen atoms in total. The van der Waals surface area contributed by atoms with Gasteiger partial charge in [-0.1, -0.05) is 35.0 Å². The van der Waals surface area contributed by atoms with E-state index in [-0.39, 0.29) is 18.0 Å². The van der Waals surface area contributed by atoms with Crippen molar-refractivity contribution >= 4 is 23.4 Å². The van der Waals surface area contributed by atoms with Crippen molar-refractivity contribution in [2.75, 3.05) is 7.11 Å². The second-order valence-corrected chi connectivity index (χ2v) is 6.51. The molecule has 0 spiro atoms. The van der Waals surface area contributed by atoms with Gasteiger partial charge in [-0.3, -0.25) is 4.79 Å². The van der Waals surface area contributed by atoms with E-state index in [0.29, 0.717) is 38.9 Å². The molecule has 1 aromatic heterocycles. The molecule has 0 atom stereocenters. The molecule has 0 saturated heterocycles. The summed E-state index contributed by atoms with van der Waals surface area (Å²) in [6, 6.07) is 12.0. The molecule has 0 fully saturated rings. The van der Waals surface area contributed by atoms with Crippen molar-refractivity contribution in [2.24, 2.45) is 0 Å². The summed E-state index contributed by atoms with van der Waals surface area (Å²) in [5.41, 5.74) is 2.18. The van der Waals surface area contributed by atoms with Crippen molar-refractivity contribution in [3.63, 3.8) is 0 Å². The van der Waals surface area contributed by atoms with Gasteiger partial charge in [0.05, 0.1) is 12.1 Å². The minimum atomic E-state index is -0.607. The molecule has 0 saturated carbocycles. The number of halogens is 1. The van der Waals surface area contributed by atoms with Crippen molar-refractivity contribution in [1.82, 2.24) is 5.16 Å². The average molecular weight is 400 g/mol. The van der Waals surface area contributed by atoms with Crippen LogP contribution in [0.4, 0.5) is 0 Å². The fraction of sp³-hybridized carbons (Fsp3) is 0.190. The van der Waals surface area contributed by atoms with E-state index in [1.165, 1.54) is 14.0 Å². The summed E-state index contributed by atoms with van der Waals surface area (Å²) in [7, 11) is 1.51. The number of ether oxygens (including phenoxy) is 2. The minimum Gasteiger partial charge on any atom is -0.496 e. The highest BCUT2D eigenvalue weighted by atomic mass is 35.5. The van der Waals surface area contributed by atoms with Crippen LogP contribution in [0.15, 0.2) is 47.0 Å². The number of Topliss-reactive ketones (excluding diaryl/α,β-unsaturated/α-hetero) is 1. The lowest BCUT2D eigenvalue weighted by Gasteiger charge is -2.11. The topological polar surface area (TPSA) is 78.6 Å². The highest BCUT2D eigenvalue weighted by molar-refractivity contribution is 6.33. The number of hydrogen-bond donors (Lipinski definition) is 0. The number of nitrogens with zero attached hydrogens (tertiary/aromatic N) is 1. The third-order valence-corrected chi connectivity index (χ3v) is 4.57. The van der Waals surface area contributed by atoms with E-state index < -0.39 is 5.97 Å². The van der Waals surface area contributed by atoms with Crippen LogP contribution < -0.4 is 4.74 Å². The van der Waals surface area contributed by atoms with E-state index in [4.69, 9.17) is 25.6 Å². The standard InChI is InChI=1S/C21H18ClNO5/c1-12(24)14-8-9-18(26-3)15(10-14)11-27-21(25)19-13(2)28-23-20(19)16-6-4-5-7-17(16)22/h4-10H,11H2,1-3H3. The van der Waals surface area contributed by atoms with Crippen molar-refractivity contribution in [1.29, 1.82) is 0 Å². The normalized spacial score (nSPS) is 10.6. The fourth-order valence-electron chi connectivity index (χ4n) is 2.78. The second kappa shape index (κ2) is 8.27. The van der Waals surface area contributed by atoms with E-state index in [9.17, 15) is 9.59 Å². The number of hydrogen-bond acceptors (Lipinski definition) is 6. The first-order valence-electron chi connectivity index (χ1n) is 8.48. The molecule has 7 heteroatoms. The van der Waals surface area contributed by atoms with Gasteiger partial charge in [-0.25, -0.2) is 4.79 Å². The Morgan fingerprint density at radius 2 is 1.93 bits per heavy atom. The molecule has 0 amide bonds. The predicted molar refractivity (Wildman–Crippen MR) is 104 cm³/mol. The van der Waals surface area contributed by atoms with E-state index in [1.807, 2.05) is 0 Å². The summed E-state index contributed by atoms with van der Waals surface area (Å²) in [5, 5.41) is 4.41. The van der Waals surface area contributed by atoms with E-state index in [1.54, 1.807) is 49.4 Å². The lowest BCUT2D eigenvalue weighted by atomic mass is 10.1. The van der Waals surface area contributed by atoms with Crippen LogP contribution in [-0.4, -0.2) is 24.0 Å². The van der Waals surface area contributed by atoms with E-state index >= 15 is 0 Å². The summed E-state index contributed by atoms with van der Waals surface area (Å²) in [4.78, 5) is 24.4.